The van der Waals surface area contributed by atoms with Crippen LogP contribution in [0.1, 0.15) is 36.4 Å². The molecular weight excluding hydrogens is 355 g/mol. The fourth-order valence-electron chi connectivity index (χ4n) is 3.97. The fourth-order valence-corrected chi connectivity index (χ4v) is 3.97. The second kappa shape index (κ2) is 6.41. The Morgan fingerprint density at radius 3 is 2.68 bits per heavy atom. The highest BCUT2D eigenvalue weighted by Gasteiger charge is 2.37. The second-order valence-corrected chi connectivity index (χ2v) is 7.29. The van der Waals surface area contributed by atoms with Crippen molar-refractivity contribution < 1.29 is 9.18 Å². The number of carbonyl (C=O) groups excluding carboxylic acids is 1. The number of allylic oxidation sites excluding steroid dienone is 2. The maximum atomic E-state index is 14.7. The zero-order chi connectivity index (χ0) is 19.3. The summed E-state index contributed by atoms with van der Waals surface area (Å²) in [6, 6.07) is 13.9. The maximum Gasteiger partial charge on any atom is 0.226 e. The Hall–Kier alpha value is -3.28. The molecule has 6 heteroatoms. The van der Waals surface area contributed by atoms with Crippen molar-refractivity contribution in [2.24, 2.45) is 0 Å². The number of carbonyl (C=O) groups is 1. The topological polar surface area (TPSA) is 59.8 Å². The van der Waals surface area contributed by atoms with Gasteiger partial charge in [0.1, 0.15) is 11.9 Å². The normalized spacial score (nSPS) is 18.5. The minimum absolute atomic E-state index is 0.0417. The number of aromatic nitrogens is 3. The molecule has 1 aliphatic carbocycles. The summed E-state index contributed by atoms with van der Waals surface area (Å²) in [4.78, 5) is 17.4. The van der Waals surface area contributed by atoms with Gasteiger partial charge in [0.15, 0.2) is 11.6 Å². The molecule has 0 saturated heterocycles. The van der Waals surface area contributed by atoms with E-state index in [0.29, 0.717) is 29.3 Å². The van der Waals surface area contributed by atoms with E-state index in [1.165, 1.54) is 6.07 Å². The summed E-state index contributed by atoms with van der Waals surface area (Å²) in [7, 11) is 0. The lowest BCUT2D eigenvalue weighted by molar-refractivity contribution is -0.116. The third kappa shape index (κ3) is 2.64. The van der Waals surface area contributed by atoms with Crippen molar-refractivity contribution in [3.05, 3.63) is 76.7 Å². The van der Waals surface area contributed by atoms with Crippen LogP contribution in [-0.4, -0.2) is 20.5 Å². The van der Waals surface area contributed by atoms with Crippen LogP contribution in [-0.2, 0) is 4.79 Å². The summed E-state index contributed by atoms with van der Waals surface area (Å²) < 4.78 is 16.4. The van der Waals surface area contributed by atoms with Crippen LogP contribution in [0.5, 0.6) is 0 Å². The number of fused-ring (bicyclic) bond motifs is 1. The SMILES string of the molecule is Cc1ccc(-c2nc3n(n2)C(c2ccccc2F)C2=C(CCCC2=O)N3)cc1. The molecule has 28 heavy (non-hydrogen) atoms. The molecule has 1 atom stereocenters. The number of ketones is 1. The van der Waals surface area contributed by atoms with Gasteiger partial charge in [0, 0.05) is 28.8 Å². The molecule has 0 saturated carbocycles. The quantitative estimate of drug-likeness (QED) is 0.722. The Bertz CT molecular complexity index is 1110. The zero-order valence-electron chi connectivity index (χ0n) is 15.4. The van der Waals surface area contributed by atoms with Gasteiger partial charge in [0.2, 0.25) is 5.95 Å². The highest BCUT2D eigenvalue weighted by molar-refractivity contribution is 5.99. The first-order valence-electron chi connectivity index (χ1n) is 9.43. The first-order chi connectivity index (χ1) is 13.6. The van der Waals surface area contributed by atoms with E-state index in [2.05, 4.69) is 15.4 Å². The largest absolute Gasteiger partial charge is 0.328 e. The molecular formula is C22H19FN4O. The van der Waals surface area contributed by atoms with Crippen LogP contribution in [0, 0.1) is 12.7 Å². The van der Waals surface area contributed by atoms with Gasteiger partial charge < -0.3 is 5.32 Å². The van der Waals surface area contributed by atoms with Crippen molar-refractivity contribution in [1.82, 2.24) is 14.8 Å². The predicted octanol–water partition coefficient (Wildman–Crippen LogP) is 4.41. The number of Topliss-reactive ketones (excluding diaryl/α,β-unsaturated/α-hetero) is 1. The lowest BCUT2D eigenvalue weighted by Crippen LogP contribution is -2.32. The summed E-state index contributed by atoms with van der Waals surface area (Å²) in [6.45, 7) is 2.02. The third-order valence-electron chi connectivity index (χ3n) is 5.38. The molecule has 2 aliphatic rings. The first-order valence-corrected chi connectivity index (χ1v) is 9.43. The minimum atomic E-state index is -0.605. The van der Waals surface area contributed by atoms with Crippen molar-refractivity contribution in [3.63, 3.8) is 0 Å². The zero-order valence-corrected chi connectivity index (χ0v) is 15.4. The van der Waals surface area contributed by atoms with Crippen LogP contribution in [0.3, 0.4) is 0 Å². The van der Waals surface area contributed by atoms with Crippen molar-refractivity contribution in [1.29, 1.82) is 0 Å². The molecule has 5 rings (SSSR count). The Balaban J connectivity index is 1.69. The number of benzene rings is 2. The summed E-state index contributed by atoms with van der Waals surface area (Å²) in [5, 5.41) is 7.94. The van der Waals surface area contributed by atoms with Gasteiger partial charge in [0.05, 0.1) is 0 Å². The van der Waals surface area contributed by atoms with Crippen LogP contribution in [0.4, 0.5) is 10.3 Å². The number of nitrogens with one attached hydrogen (secondary N) is 1. The number of halogens is 1. The fraction of sp³-hybridized carbons (Fsp3) is 0.227. The van der Waals surface area contributed by atoms with Crippen molar-refractivity contribution in [2.75, 3.05) is 5.32 Å². The summed E-state index contributed by atoms with van der Waals surface area (Å²) in [5.41, 5.74) is 3.90. The molecule has 0 spiro atoms. The molecule has 1 unspecified atom stereocenters. The van der Waals surface area contributed by atoms with Gasteiger partial charge >= 0.3 is 0 Å². The standard InChI is InChI=1S/C22H19FN4O/c1-13-9-11-14(12-10-13)21-25-22-24-17-7-4-8-18(28)19(17)20(27(22)26-21)15-5-2-3-6-16(15)23/h2-3,5-6,9-12,20H,4,7-8H2,1H3,(H,24,25,26). The van der Waals surface area contributed by atoms with E-state index in [1.807, 2.05) is 31.2 Å². The molecule has 0 radical (unpaired) electrons. The van der Waals surface area contributed by atoms with E-state index in [9.17, 15) is 9.18 Å². The molecule has 3 aromatic rings. The number of hydrogen-bond donors (Lipinski definition) is 1. The summed E-state index contributed by atoms with van der Waals surface area (Å²) in [6.07, 6.45) is 2.01. The average molecular weight is 374 g/mol. The number of rotatable bonds is 2. The smallest absolute Gasteiger partial charge is 0.226 e. The van der Waals surface area contributed by atoms with Crippen molar-refractivity contribution >= 4 is 11.7 Å². The minimum Gasteiger partial charge on any atom is -0.328 e. The van der Waals surface area contributed by atoms with E-state index >= 15 is 0 Å². The second-order valence-electron chi connectivity index (χ2n) is 7.29. The number of aryl methyl sites for hydroxylation is 1. The Morgan fingerprint density at radius 2 is 1.89 bits per heavy atom. The Morgan fingerprint density at radius 1 is 1.11 bits per heavy atom. The van der Waals surface area contributed by atoms with Crippen molar-refractivity contribution in [3.8, 4) is 11.4 Å². The number of hydrogen-bond acceptors (Lipinski definition) is 4. The van der Waals surface area contributed by atoms with Gasteiger partial charge in [0.25, 0.3) is 0 Å². The molecule has 0 fully saturated rings. The molecule has 2 aromatic carbocycles. The maximum absolute atomic E-state index is 14.7. The van der Waals surface area contributed by atoms with Gasteiger partial charge in [-0.15, -0.1) is 5.10 Å². The van der Waals surface area contributed by atoms with Crippen LogP contribution in [0.2, 0.25) is 0 Å². The predicted molar refractivity (Wildman–Crippen MR) is 104 cm³/mol. The number of nitrogens with zero attached hydrogens (tertiary/aromatic N) is 3. The monoisotopic (exact) mass is 374 g/mol. The highest BCUT2D eigenvalue weighted by Crippen LogP contribution is 2.41. The third-order valence-corrected chi connectivity index (χ3v) is 5.38. The van der Waals surface area contributed by atoms with Crippen LogP contribution in [0.15, 0.2) is 59.8 Å². The molecule has 0 amide bonds. The summed E-state index contributed by atoms with van der Waals surface area (Å²) in [5.74, 6) is 0.784. The molecule has 140 valence electrons. The highest BCUT2D eigenvalue weighted by atomic mass is 19.1. The molecule has 2 heterocycles. The van der Waals surface area contributed by atoms with Crippen molar-refractivity contribution in [2.45, 2.75) is 32.2 Å². The average Bonchev–Trinajstić information content (AvgIpc) is 3.11. The van der Waals surface area contributed by atoms with E-state index < -0.39 is 6.04 Å². The van der Waals surface area contributed by atoms with Gasteiger partial charge in [-0.2, -0.15) is 4.98 Å². The molecule has 5 nitrogen and oxygen atoms in total. The van der Waals surface area contributed by atoms with Crippen LogP contribution < -0.4 is 5.32 Å². The molecule has 1 aliphatic heterocycles. The van der Waals surface area contributed by atoms with Gasteiger partial charge in [-0.1, -0.05) is 48.0 Å². The summed E-state index contributed by atoms with van der Waals surface area (Å²) >= 11 is 0. The van der Waals surface area contributed by atoms with Gasteiger partial charge in [-0.3, -0.25) is 4.79 Å². The number of anilines is 1. The molecule has 0 bridgehead atoms. The van der Waals surface area contributed by atoms with Gasteiger partial charge in [-0.05, 0) is 25.8 Å². The first kappa shape index (κ1) is 16.9. The van der Waals surface area contributed by atoms with Gasteiger partial charge in [-0.25, -0.2) is 9.07 Å². The van der Waals surface area contributed by atoms with E-state index in [-0.39, 0.29) is 11.6 Å². The molecule has 1 aromatic heterocycles. The van der Waals surface area contributed by atoms with E-state index in [1.54, 1.807) is 22.9 Å². The van der Waals surface area contributed by atoms with E-state index in [0.717, 1.165) is 29.7 Å². The van der Waals surface area contributed by atoms with Crippen LogP contribution >= 0.6 is 0 Å². The Labute approximate surface area is 161 Å². The lowest BCUT2D eigenvalue weighted by atomic mass is 9.85. The Kier molecular flexibility index (Phi) is 3.86. The molecule has 1 N–H and O–H groups in total. The lowest BCUT2D eigenvalue weighted by Gasteiger charge is -2.32. The van der Waals surface area contributed by atoms with E-state index in [4.69, 9.17) is 0 Å². The van der Waals surface area contributed by atoms with Crippen LogP contribution in [0.25, 0.3) is 11.4 Å².